The number of amides is 3. The zero-order valence-corrected chi connectivity index (χ0v) is 17.7. The van der Waals surface area contributed by atoms with Crippen LogP contribution in [0.2, 0.25) is 10.0 Å². The molecule has 3 rings (SSSR count). The molecule has 0 atom stereocenters. The molecule has 0 fully saturated rings. The number of hydrogen-bond acceptors (Lipinski definition) is 6. The molecule has 2 aromatic carbocycles. The Balaban J connectivity index is 1.68. The van der Waals surface area contributed by atoms with Crippen LogP contribution in [-0.2, 0) is 16.1 Å². The fourth-order valence-corrected chi connectivity index (χ4v) is 3.07. The van der Waals surface area contributed by atoms with Gasteiger partial charge >= 0.3 is 11.8 Å². The average Bonchev–Trinajstić information content (AvgIpc) is 2.77. The molecule has 0 aliphatic rings. The van der Waals surface area contributed by atoms with E-state index in [9.17, 15) is 24.6 Å². The average molecular weight is 475 g/mol. The summed E-state index contributed by atoms with van der Waals surface area (Å²) in [5.41, 5.74) is 0.446. The first-order valence-electron chi connectivity index (χ1n) is 9.06. The first-order valence-corrected chi connectivity index (χ1v) is 9.81. The summed E-state index contributed by atoms with van der Waals surface area (Å²) in [6.07, 6.45) is 1.60. The Morgan fingerprint density at radius 2 is 1.62 bits per heavy atom. The van der Waals surface area contributed by atoms with Crippen LogP contribution in [0.1, 0.15) is 16.1 Å². The highest BCUT2D eigenvalue weighted by atomic mass is 35.5. The molecular weight excluding hydrogens is 459 g/mol. The molecule has 0 radical (unpaired) electrons. The topological polar surface area (TPSA) is 141 Å². The number of carbonyl (C=O) groups excluding carboxylic acids is 3. The number of nitrogens with one attached hydrogen (secondary N) is 3. The maximum absolute atomic E-state index is 12.4. The third-order valence-corrected chi connectivity index (χ3v) is 4.65. The summed E-state index contributed by atoms with van der Waals surface area (Å²) >= 11 is 11.6. The number of anilines is 2. The molecule has 0 unspecified atom stereocenters. The lowest BCUT2D eigenvalue weighted by Crippen LogP contribution is -2.29. The second kappa shape index (κ2) is 9.99. The number of carbonyl (C=O) groups is 3. The van der Waals surface area contributed by atoms with Gasteiger partial charge in [0.1, 0.15) is 5.75 Å². The lowest BCUT2D eigenvalue weighted by Gasteiger charge is -2.11. The molecular formula is C21H16Cl2N4O5. The van der Waals surface area contributed by atoms with Gasteiger partial charge in [-0.3, -0.25) is 19.4 Å². The Labute approximate surface area is 192 Å². The van der Waals surface area contributed by atoms with E-state index in [1.165, 1.54) is 30.3 Å². The van der Waals surface area contributed by atoms with Gasteiger partial charge in [0.05, 0.1) is 28.6 Å². The Morgan fingerprint density at radius 3 is 2.31 bits per heavy atom. The Morgan fingerprint density at radius 1 is 0.906 bits per heavy atom. The smallest absolute Gasteiger partial charge is 0.314 e. The molecule has 3 aromatic rings. The predicted octanol–water partition coefficient (Wildman–Crippen LogP) is 3.31. The van der Waals surface area contributed by atoms with E-state index in [1.807, 2.05) is 0 Å². The number of hydrogen-bond donors (Lipinski definition) is 5. The van der Waals surface area contributed by atoms with Gasteiger partial charge in [-0.2, -0.15) is 0 Å². The quantitative estimate of drug-likeness (QED) is 0.283. The van der Waals surface area contributed by atoms with Crippen LogP contribution in [0, 0.1) is 0 Å². The van der Waals surface area contributed by atoms with Crippen LogP contribution in [0.5, 0.6) is 11.5 Å². The molecule has 9 nitrogen and oxygen atoms in total. The summed E-state index contributed by atoms with van der Waals surface area (Å²) in [4.78, 5) is 40.9. The van der Waals surface area contributed by atoms with Crippen molar-refractivity contribution < 1.29 is 24.6 Å². The van der Waals surface area contributed by atoms with Crippen LogP contribution >= 0.6 is 23.2 Å². The van der Waals surface area contributed by atoms with Gasteiger partial charge in [0.2, 0.25) is 0 Å². The molecule has 0 saturated heterocycles. The van der Waals surface area contributed by atoms with Crippen molar-refractivity contribution >= 4 is 52.3 Å². The van der Waals surface area contributed by atoms with Crippen molar-refractivity contribution in [2.45, 2.75) is 6.54 Å². The highest BCUT2D eigenvalue weighted by Crippen LogP contribution is 2.35. The van der Waals surface area contributed by atoms with E-state index >= 15 is 0 Å². The van der Waals surface area contributed by atoms with Crippen LogP contribution in [0.25, 0.3) is 0 Å². The molecule has 0 spiro atoms. The fraction of sp³-hybridized carbons (Fsp3) is 0.0476. The number of halogens is 2. The van der Waals surface area contributed by atoms with Gasteiger partial charge < -0.3 is 26.2 Å². The molecule has 1 heterocycles. The van der Waals surface area contributed by atoms with E-state index in [0.29, 0.717) is 5.69 Å². The van der Waals surface area contributed by atoms with Crippen molar-refractivity contribution in [3.8, 4) is 11.5 Å². The standard InChI is InChI=1S/C21H16Cl2N4O5/c22-12-8-14(23)18(29)16(9-12)27-21(32)20(31)26-15-7-11(4-5-17(15)28)19(30)25-10-13-3-1-2-6-24-13/h1-9,28-29H,10H2,(H,25,30)(H,26,31)(H,27,32). The van der Waals surface area contributed by atoms with E-state index < -0.39 is 23.5 Å². The molecule has 164 valence electrons. The zero-order chi connectivity index (χ0) is 23.3. The van der Waals surface area contributed by atoms with E-state index in [0.717, 1.165) is 0 Å². The van der Waals surface area contributed by atoms with E-state index in [4.69, 9.17) is 23.2 Å². The monoisotopic (exact) mass is 474 g/mol. The van der Waals surface area contributed by atoms with Gasteiger partial charge in [-0.05, 0) is 42.5 Å². The number of benzene rings is 2. The molecule has 0 saturated carbocycles. The van der Waals surface area contributed by atoms with Gasteiger partial charge in [0, 0.05) is 16.8 Å². The predicted molar refractivity (Wildman–Crippen MR) is 119 cm³/mol. The summed E-state index contributed by atoms with van der Waals surface area (Å²) in [7, 11) is 0. The van der Waals surface area contributed by atoms with Crippen LogP contribution < -0.4 is 16.0 Å². The van der Waals surface area contributed by atoms with Crippen LogP contribution in [-0.4, -0.2) is 32.9 Å². The van der Waals surface area contributed by atoms with Crippen LogP contribution in [0.3, 0.4) is 0 Å². The molecule has 0 bridgehead atoms. The zero-order valence-electron chi connectivity index (χ0n) is 16.2. The summed E-state index contributed by atoms with van der Waals surface area (Å²) in [6, 6.07) is 11.5. The first kappa shape index (κ1) is 22.9. The number of rotatable bonds is 5. The number of pyridine rings is 1. The van der Waals surface area contributed by atoms with Crippen molar-refractivity contribution in [1.29, 1.82) is 0 Å². The minimum Gasteiger partial charge on any atom is -0.506 e. The number of aromatic nitrogens is 1. The Hall–Kier alpha value is -3.82. The molecule has 3 amide bonds. The van der Waals surface area contributed by atoms with Crippen molar-refractivity contribution in [3.63, 3.8) is 0 Å². The number of nitrogens with zero attached hydrogens (tertiary/aromatic N) is 1. The molecule has 1 aromatic heterocycles. The van der Waals surface area contributed by atoms with Gasteiger partial charge in [-0.25, -0.2) is 0 Å². The fourth-order valence-electron chi connectivity index (χ4n) is 2.57. The van der Waals surface area contributed by atoms with Crippen LogP contribution in [0.15, 0.2) is 54.7 Å². The lowest BCUT2D eigenvalue weighted by atomic mass is 10.1. The minimum absolute atomic E-state index is 0.115. The third kappa shape index (κ3) is 5.65. The van der Waals surface area contributed by atoms with Gasteiger partial charge in [-0.15, -0.1) is 0 Å². The molecule has 0 aliphatic carbocycles. The summed E-state index contributed by atoms with van der Waals surface area (Å²) in [6.45, 7) is 0.177. The maximum Gasteiger partial charge on any atom is 0.314 e. The minimum atomic E-state index is -1.16. The molecule has 0 aliphatic heterocycles. The normalized spacial score (nSPS) is 10.3. The molecule has 32 heavy (non-hydrogen) atoms. The summed E-state index contributed by atoms with van der Waals surface area (Å²) in [5.74, 6) is -3.63. The summed E-state index contributed by atoms with van der Waals surface area (Å²) in [5, 5.41) is 26.9. The molecule has 5 N–H and O–H groups in total. The maximum atomic E-state index is 12.4. The largest absolute Gasteiger partial charge is 0.506 e. The van der Waals surface area contributed by atoms with Crippen LogP contribution in [0.4, 0.5) is 11.4 Å². The number of phenolic OH excluding ortho intramolecular Hbond substituents is 2. The lowest BCUT2D eigenvalue weighted by molar-refractivity contribution is -0.133. The SMILES string of the molecule is O=C(Nc1cc(C(=O)NCc2ccccn2)ccc1O)C(=O)Nc1cc(Cl)cc(Cl)c1O. The van der Waals surface area contributed by atoms with Crippen molar-refractivity contribution in [2.75, 3.05) is 10.6 Å². The summed E-state index contributed by atoms with van der Waals surface area (Å²) < 4.78 is 0. The van der Waals surface area contributed by atoms with Crippen molar-refractivity contribution in [1.82, 2.24) is 10.3 Å². The number of aromatic hydroxyl groups is 2. The Kier molecular flexibility index (Phi) is 7.14. The van der Waals surface area contributed by atoms with E-state index in [2.05, 4.69) is 20.9 Å². The third-order valence-electron chi connectivity index (χ3n) is 4.15. The van der Waals surface area contributed by atoms with E-state index in [-0.39, 0.29) is 39.3 Å². The van der Waals surface area contributed by atoms with Gasteiger partial charge in [0.25, 0.3) is 5.91 Å². The van der Waals surface area contributed by atoms with Crippen molar-refractivity contribution in [3.05, 3.63) is 76.0 Å². The van der Waals surface area contributed by atoms with Gasteiger partial charge in [-0.1, -0.05) is 29.3 Å². The number of phenols is 2. The van der Waals surface area contributed by atoms with E-state index in [1.54, 1.807) is 24.4 Å². The van der Waals surface area contributed by atoms with Crippen molar-refractivity contribution in [2.24, 2.45) is 0 Å². The first-order chi connectivity index (χ1) is 15.2. The molecule has 11 heteroatoms. The van der Waals surface area contributed by atoms with Gasteiger partial charge in [0.15, 0.2) is 5.75 Å². The second-order valence-electron chi connectivity index (χ2n) is 6.43. The Bertz CT molecular complexity index is 1190. The highest BCUT2D eigenvalue weighted by Gasteiger charge is 2.19. The second-order valence-corrected chi connectivity index (χ2v) is 7.27. The highest BCUT2D eigenvalue weighted by molar-refractivity contribution is 6.44.